The molecule has 0 aliphatic heterocycles. The van der Waals surface area contributed by atoms with Crippen molar-refractivity contribution in [2.24, 2.45) is 12.5 Å². The van der Waals surface area contributed by atoms with Gasteiger partial charge < -0.3 is 10.4 Å². The van der Waals surface area contributed by atoms with Gasteiger partial charge >= 0.3 is 0 Å². The maximum atomic E-state index is 13.0. The molecular formula is C25H28ClN3O4. The van der Waals surface area contributed by atoms with E-state index in [0.717, 1.165) is 0 Å². The molecule has 0 aliphatic rings. The molecule has 174 valence electrons. The van der Waals surface area contributed by atoms with E-state index >= 15 is 0 Å². The molecule has 0 aliphatic carbocycles. The van der Waals surface area contributed by atoms with Crippen LogP contribution in [0.3, 0.4) is 0 Å². The molecule has 3 rings (SSSR count). The lowest BCUT2D eigenvalue weighted by Crippen LogP contribution is -2.26. The molecule has 0 spiro atoms. The summed E-state index contributed by atoms with van der Waals surface area (Å²) < 4.78 is 3.21. The van der Waals surface area contributed by atoms with Crippen LogP contribution < -0.4 is 10.9 Å². The van der Waals surface area contributed by atoms with Crippen molar-refractivity contribution < 1.29 is 14.7 Å². The van der Waals surface area contributed by atoms with E-state index in [-0.39, 0.29) is 47.1 Å². The van der Waals surface area contributed by atoms with Crippen molar-refractivity contribution >= 4 is 29.0 Å². The van der Waals surface area contributed by atoms with Gasteiger partial charge in [-0.2, -0.15) is 0 Å². The zero-order chi connectivity index (χ0) is 24.3. The largest absolute Gasteiger partial charge is 0.507 e. The second-order valence-corrected chi connectivity index (χ2v) is 9.35. The molecule has 0 saturated heterocycles. The van der Waals surface area contributed by atoms with Crippen LogP contribution in [-0.4, -0.2) is 26.2 Å². The molecule has 0 radical (unpaired) electrons. The third-order valence-electron chi connectivity index (χ3n) is 5.75. The van der Waals surface area contributed by atoms with E-state index in [2.05, 4.69) is 5.32 Å². The molecule has 8 heteroatoms. The number of carbonyl (C=O) groups excluding carboxylic acids is 2. The van der Waals surface area contributed by atoms with Gasteiger partial charge in [-0.3, -0.25) is 19.1 Å². The van der Waals surface area contributed by atoms with Gasteiger partial charge in [-0.15, -0.1) is 0 Å². The fraction of sp³-hybridized carbons (Fsp3) is 0.320. The molecule has 3 aromatic rings. The number of anilines is 1. The van der Waals surface area contributed by atoms with Crippen molar-refractivity contribution in [3.05, 3.63) is 75.2 Å². The van der Waals surface area contributed by atoms with Crippen LogP contribution in [0, 0.1) is 12.3 Å². The zero-order valence-electron chi connectivity index (χ0n) is 19.2. The zero-order valence-corrected chi connectivity index (χ0v) is 19.9. The van der Waals surface area contributed by atoms with Gasteiger partial charge in [-0.25, -0.2) is 4.68 Å². The highest BCUT2D eigenvalue weighted by molar-refractivity contribution is 6.31. The van der Waals surface area contributed by atoms with Crippen molar-refractivity contribution in [1.29, 1.82) is 0 Å². The summed E-state index contributed by atoms with van der Waals surface area (Å²) in [5.41, 5.74) is 0.943. The van der Waals surface area contributed by atoms with Crippen molar-refractivity contribution in [2.75, 3.05) is 5.32 Å². The number of hydrogen-bond acceptors (Lipinski definition) is 4. The molecule has 0 fully saturated rings. The lowest BCUT2D eigenvalue weighted by molar-refractivity contribution is -0.118. The van der Waals surface area contributed by atoms with Gasteiger partial charge in [-0.1, -0.05) is 43.6 Å². The summed E-state index contributed by atoms with van der Waals surface area (Å²) in [5.74, 6) is -0.661. The summed E-state index contributed by atoms with van der Waals surface area (Å²) in [5, 5.41) is 13.1. The number of Topliss-reactive ketones (excluding diaryl/α,β-unsaturated/α-hetero) is 1. The highest BCUT2D eigenvalue weighted by Crippen LogP contribution is 2.30. The molecule has 0 unspecified atom stereocenters. The van der Waals surface area contributed by atoms with E-state index < -0.39 is 5.41 Å². The van der Waals surface area contributed by atoms with E-state index in [9.17, 15) is 19.5 Å². The number of aromatic nitrogens is 2. The number of ketones is 1. The SMILES string of the molecule is Cc1c(NC(=O)CC(C)(C)CCC(=O)c2cc(Cl)ccc2O)c(=O)n(-c2ccccc2)n1C. The minimum absolute atomic E-state index is 0.116. The second kappa shape index (κ2) is 9.67. The summed E-state index contributed by atoms with van der Waals surface area (Å²) in [6, 6.07) is 13.5. The summed E-state index contributed by atoms with van der Waals surface area (Å²) in [4.78, 5) is 38.3. The number of rotatable bonds is 8. The topological polar surface area (TPSA) is 93.3 Å². The highest BCUT2D eigenvalue weighted by Gasteiger charge is 2.26. The van der Waals surface area contributed by atoms with Crippen molar-refractivity contribution in [3.63, 3.8) is 0 Å². The first-order chi connectivity index (χ1) is 15.5. The highest BCUT2D eigenvalue weighted by atomic mass is 35.5. The number of carbonyl (C=O) groups is 2. The molecule has 1 amide bonds. The van der Waals surface area contributed by atoms with Crippen LogP contribution in [0.2, 0.25) is 5.02 Å². The minimum atomic E-state index is -0.505. The summed E-state index contributed by atoms with van der Waals surface area (Å²) in [7, 11) is 1.76. The smallest absolute Gasteiger partial charge is 0.295 e. The normalized spacial score (nSPS) is 11.4. The van der Waals surface area contributed by atoms with Gasteiger partial charge in [0.1, 0.15) is 11.4 Å². The number of nitrogens with one attached hydrogen (secondary N) is 1. The molecule has 1 aromatic heterocycles. The number of phenols is 1. The lowest BCUT2D eigenvalue weighted by atomic mass is 9.82. The van der Waals surface area contributed by atoms with Crippen LogP contribution in [0.1, 0.15) is 49.2 Å². The van der Waals surface area contributed by atoms with E-state index in [0.29, 0.717) is 22.8 Å². The Kier molecular flexibility index (Phi) is 7.12. The van der Waals surface area contributed by atoms with Gasteiger partial charge in [0.2, 0.25) is 5.91 Å². The van der Waals surface area contributed by atoms with E-state index in [1.165, 1.54) is 22.9 Å². The molecular weight excluding hydrogens is 442 g/mol. The van der Waals surface area contributed by atoms with Crippen molar-refractivity contribution in [1.82, 2.24) is 9.36 Å². The second-order valence-electron chi connectivity index (χ2n) is 8.91. The predicted octanol–water partition coefficient (Wildman–Crippen LogP) is 4.86. The molecule has 1 heterocycles. The number of amides is 1. The van der Waals surface area contributed by atoms with Gasteiger partial charge in [0.15, 0.2) is 5.78 Å². The average Bonchev–Trinajstić information content (AvgIpc) is 2.97. The quantitative estimate of drug-likeness (QED) is 0.460. The molecule has 0 bridgehead atoms. The number of aromatic hydroxyl groups is 1. The Morgan fingerprint density at radius 3 is 2.45 bits per heavy atom. The number of benzene rings is 2. The first kappa shape index (κ1) is 24.3. The van der Waals surface area contributed by atoms with E-state index in [1.807, 2.05) is 44.2 Å². The Hall–Kier alpha value is -3.32. The Morgan fingerprint density at radius 1 is 1.12 bits per heavy atom. The molecule has 0 saturated carbocycles. The maximum Gasteiger partial charge on any atom is 0.295 e. The lowest BCUT2D eigenvalue weighted by Gasteiger charge is -2.23. The Morgan fingerprint density at radius 2 is 1.79 bits per heavy atom. The number of phenolic OH excluding ortho intramolecular Hbond substituents is 1. The van der Waals surface area contributed by atoms with Gasteiger partial charge in [0.25, 0.3) is 5.56 Å². The average molecular weight is 470 g/mol. The van der Waals surface area contributed by atoms with Gasteiger partial charge in [0.05, 0.1) is 16.9 Å². The number of nitrogens with zero attached hydrogens (tertiary/aromatic N) is 2. The molecule has 2 N–H and O–H groups in total. The first-order valence-electron chi connectivity index (χ1n) is 10.7. The Labute approximate surface area is 197 Å². The van der Waals surface area contributed by atoms with E-state index in [4.69, 9.17) is 11.6 Å². The number of para-hydroxylation sites is 1. The molecule has 33 heavy (non-hydrogen) atoms. The Bertz CT molecular complexity index is 1240. The van der Waals surface area contributed by atoms with Crippen LogP contribution in [0.5, 0.6) is 5.75 Å². The number of halogens is 1. The fourth-order valence-corrected chi connectivity index (χ4v) is 3.91. The molecule has 2 aromatic carbocycles. The van der Waals surface area contributed by atoms with Crippen LogP contribution in [-0.2, 0) is 11.8 Å². The summed E-state index contributed by atoms with van der Waals surface area (Å²) in [6.07, 6.45) is 0.702. The van der Waals surface area contributed by atoms with Crippen LogP contribution in [0.25, 0.3) is 5.69 Å². The maximum absolute atomic E-state index is 13.0. The standard InChI is InChI=1S/C25H28ClN3O4/c1-16-23(24(33)29(28(16)4)18-8-6-5-7-9-18)27-22(32)15-25(2,3)13-12-21(31)19-14-17(26)10-11-20(19)30/h5-11,14,30H,12-13,15H2,1-4H3,(H,27,32). The third-order valence-corrected chi connectivity index (χ3v) is 5.98. The van der Waals surface area contributed by atoms with E-state index in [1.54, 1.807) is 18.7 Å². The summed E-state index contributed by atoms with van der Waals surface area (Å²) in [6.45, 7) is 5.55. The van der Waals surface area contributed by atoms with Gasteiger partial charge in [0, 0.05) is 24.9 Å². The first-order valence-corrected chi connectivity index (χ1v) is 11.0. The van der Waals surface area contributed by atoms with Crippen LogP contribution in [0.4, 0.5) is 5.69 Å². The fourth-order valence-electron chi connectivity index (χ4n) is 3.74. The molecule has 7 nitrogen and oxygen atoms in total. The van der Waals surface area contributed by atoms with Crippen molar-refractivity contribution in [2.45, 2.75) is 40.0 Å². The predicted molar refractivity (Wildman–Crippen MR) is 129 cm³/mol. The molecule has 0 atom stereocenters. The van der Waals surface area contributed by atoms with Crippen LogP contribution in [0.15, 0.2) is 53.3 Å². The number of hydrogen-bond donors (Lipinski definition) is 2. The Balaban J connectivity index is 1.68. The van der Waals surface area contributed by atoms with Crippen molar-refractivity contribution in [3.8, 4) is 11.4 Å². The summed E-state index contributed by atoms with van der Waals surface area (Å²) >= 11 is 5.93. The van der Waals surface area contributed by atoms with Crippen LogP contribution >= 0.6 is 11.6 Å². The van der Waals surface area contributed by atoms with Gasteiger partial charge in [-0.05, 0) is 49.1 Å². The monoisotopic (exact) mass is 469 g/mol. The third kappa shape index (κ3) is 5.54. The minimum Gasteiger partial charge on any atom is -0.507 e.